The van der Waals surface area contributed by atoms with Gasteiger partial charge in [0, 0.05) is 6.42 Å². The summed E-state index contributed by atoms with van der Waals surface area (Å²) in [6, 6.07) is 0. The predicted octanol–water partition coefficient (Wildman–Crippen LogP) is 6.09. The topological polar surface area (TPSA) is 60.7 Å². The summed E-state index contributed by atoms with van der Waals surface area (Å²) in [6.45, 7) is 15.4. The number of hydrogen-bond acceptors (Lipinski definition) is 3. The molecule has 1 unspecified atom stereocenters. The Morgan fingerprint density at radius 3 is 2.58 bits per heavy atom. The third-order valence-corrected chi connectivity index (χ3v) is 9.27. The molecule has 0 saturated heterocycles. The molecular weight excluding hydrogens is 384 g/mol. The van der Waals surface area contributed by atoms with E-state index in [4.69, 9.17) is 0 Å². The molecule has 0 spiro atoms. The molecule has 0 aromatic carbocycles. The van der Waals surface area contributed by atoms with Gasteiger partial charge in [0.25, 0.3) is 0 Å². The Morgan fingerprint density at radius 1 is 1.19 bits per heavy atom. The first-order chi connectivity index (χ1) is 14.4. The van der Waals surface area contributed by atoms with Gasteiger partial charge in [0.05, 0.1) is 17.8 Å². The SMILES string of the molecule is C=C1/C(=C/C=C2/CCC[C@]3(C)C([C@H](C)CCCC(C)(C)O)CC[C@@]23C)C[C@@H](O)C[C@@H]1O. The highest BCUT2D eigenvalue weighted by Gasteiger charge is 2.57. The van der Waals surface area contributed by atoms with Gasteiger partial charge in [-0.15, -0.1) is 0 Å². The molecule has 31 heavy (non-hydrogen) atoms. The molecule has 3 aliphatic rings. The summed E-state index contributed by atoms with van der Waals surface area (Å²) in [6.07, 6.45) is 13.7. The molecule has 3 nitrogen and oxygen atoms in total. The number of fused-ring (bicyclic) bond motifs is 1. The molecule has 3 rings (SSSR count). The van der Waals surface area contributed by atoms with Crippen molar-refractivity contribution in [2.24, 2.45) is 22.7 Å². The van der Waals surface area contributed by atoms with Crippen LogP contribution >= 0.6 is 0 Å². The van der Waals surface area contributed by atoms with E-state index in [2.05, 4.69) is 39.5 Å². The molecule has 0 aromatic rings. The molecule has 6 atom stereocenters. The molecule has 3 saturated carbocycles. The van der Waals surface area contributed by atoms with Crippen molar-refractivity contribution in [3.05, 3.63) is 35.5 Å². The minimum absolute atomic E-state index is 0.213. The van der Waals surface area contributed by atoms with E-state index < -0.39 is 17.8 Å². The van der Waals surface area contributed by atoms with Crippen molar-refractivity contribution in [2.45, 2.75) is 117 Å². The maximum Gasteiger partial charge on any atom is 0.0811 e. The fourth-order valence-corrected chi connectivity index (χ4v) is 7.06. The predicted molar refractivity (Wildman–Crippen MR) is 129 cm³/mol. The highest BCUT2D eigenvalue weighted by Crippen LogP contribution is 2.67. The molecular formula is C28H46O3. The summed E-state index contributed by atoms with van der Waals surface area (Å²) >= 11 is 0. The van der Waals surface area contributed by atoms with Crippen LogP contribution in [-0.2, 0) is 0 Å². The number of aliphatic hydroxyl groups excluding tert-OH is 2. The monoisotopic (exact) mass is 430 g/mol. The molecule has 0 bridgehead atoms. The third kappa shape index (κ3) is 5.04. The van der Waals surface area contributed by atoms with E-state index in [-0.39, 0.29) is 5.41 Å². The standard InChI is InChI=1S/C28H46O3/c1-19(9-7-14-26(3,4)31)24-13-16-27(5)22(10-8-15-28(24,27)6)12-11-21-17-23(29)18-25(30)20(21)2/h11-12,19,23-25,29-31H,2,7-10,13-18H2,1,3-6H3/b21-11+,22-12-/t19-,23-,24?,25+,27+,28-/m1/s1. The summed E-state index contributed by atoms with van der Waals surface area (Å²) in [5.41, 5.74) is 3.28. The molecule has 3 N–H and O–H groups in total. The van der Waals surface area contributed by atoms with Gasteiger partial charge < -0.3 is 15.3 Å². The smallest absolute Gasteiger partial charge is 0.0811 e. The Bertz CT molecular complexity index is 727. The first kappa shape index (κ1) is 24.7. The molecule has 0 aromatic heterocycles. The van der Waals surface area contributed by atoms with Crippen LogP contribution in [0.3, 0.4) is 0 Å². The molecule has 0 heterocycles. The fraction of sp³-hybridized carbons (Fsp3) is 0.786. The van der Waals surface area contributed by atoms with Crippen LogP contribution in [0.4, 0.5) is 0 Å². The second-order valence-electron chi connectivity index (χ2n) is 11.9. The average Bonchev–Trinajstić information content (AvgIpc) is 2.94. The van der Waals surface area contributed by atoms with Gasteiger partial charge in [-0.1, -0.05) is 57.9 Å². The highest BCUT2D eigenvalue weighted by molar-refractivity contribution is 5.39. The van der Waals surface area contributed by atoms with Crippen LogP contribution in [0.25, 0.3) is 0 Å². The number of allylic oxidation sites excluding steroid dienone is 3. The van der Waals surface area contributed by atoms with E-state index in [1.54, 1.807) is 5.57 Å². The van der Waals surface area contributed by atoms with Crippen LogP contribution in [0.5, 0.6) is 0 Å². The molecule has 0 amide bonds. The number of rotatable bonds is 6. The normalized spacial score (nSPS) is 40.4. The van der Waals surface area contributed by atoms with E-state index in [0.717, 1.165) is 36.3 Å². The zero-order valence-electron chi connectivity index (χ0n) is 20.6. The van der Waals surface area contributed by atoms with Crippen LogP contribution in [0.15, 0.2) is 35.5 Å². The Kier molecular flexibility index (Phi) is 7.30. The van der Waals surface area contributed by atoms with Crippen molar-refractivity contribution in [3.8, 4) is 0 Å². The van der Waals surface area contributed by atoms with Gasteiger partial charge in [0.2, 0.25) is 0 Å². The lowest BCUT2D eigenvalue weighted by Gasteiger charge is -2.51. The molecule has 0 radical (unpaired) electrons. The third-order valence-electron chi connectivity index (χ3n) is 9.27. The molecule has 0 aliphatic heterocycles. The van der Waals surface area contributed by atoms with Gasteiger partial charge in [-0.25, -0.2) is 0 Å². The number of aliphatic hydroxyl groups is 3. The van der Waals surface area contributed by atoms with Gasteiger partial charge in [-0.05, 0) is 92.6 Å². The van der Waals surface area contributed by atoms with Crippen LogP contribution in [0.2, 0.25) is 0 Å². The lowest BCUT2D eigenvalue weighted by Crippen LogP contribution is -2.43. The maximum absolute atomic E-state index is 10.2. The van der Waals surface area contributed by atoms with Crippen LogP contribution in [-0.4, -0.2) is 33.1 Å². The van der Waals surface area contributed by atoms with Crippen LogP contribution in [0, 0.1) is 22.7 Å². The second-order valence-corrected chi connectivity index (χ2v) is 11.9. The van der Waals surface area contributed by atoms with Crippen molar-refractivity contribution in [2.75, 3.05) is 0 Å². The zero-order valence-corrected chi connectivity index (χ0v) is 20.6. The van der Waals surface area contributed by atoms with E-state index in [0.29, 0.717) is 24.2 Å². The summed E-state index contributed by atoms with van der Waals surface area (Å²) in [5, 5.41) is 30.3. The lowest BCUT2D eigenvalue weighted by atomic mass is 9.53. The Labute approximate surface area is 190 Å². The highest BCUT2D eigenvalue weighted by atomic mass is 16.3. The van der Waals surface area contributed by atoms with E-state index >= 15 is 0 Å². The van der Waals surface area contributed by atoms with Gasteiger partial charge in [0.1, 0.15) is 0 Å². The summed E-state index contributed by atoms with van der Waals surface area (Å²) in [7, 11) is 0. The van der Waals surface area contributed by atoms with Crippen molar-refractivity contribution in [1.29, 1.82) is 0 Å². The Balaban J connectivity index is 1.77. The maximum atomic E-state index is 10.2. The minimum atomic E-state index is -0.624. The molecule has 3 aliphatic carbocycles. The van der Waals surface area contributed by atoms with Gasteiger partial charge >= 0.3 is 0 Å². The second kappa shape index (κ2) is 9.15. The van der Waals surface area contributed by atoms with Crippen LogP contribution < -0.4 is 0 Å². The van der Waals surface area contributed by atoms with Gasteiger partial charge in [0.15, 0.2) is 0 Å². The van der Waals surface area contributed by atoms with Gasteiger partial charge in [-0.2, -0.15) is 0 Å². The molecule has 176 valence electrons. The average molecular weight is 431 g/mol. The first-order valence-electron chi connectivity index (χ1n) is 12.6. The van der Waals surface area contributed by atoms with Crippen molar-refractivity contribution in [3.63, 3.8) is 0 Å². The zero-order chi connectivity index (χ0) is 23.0. The van der Waals surface area contributed by atoms with E-state index in [1.165, 1.54) is 32.1 Å². The Morgan fingerprint density at radius 2 is 1.90 bits per heavy atom. The summed E-state index contributed by atoms with van der Waals surface area (Å²) in [5.74, 6) is 1.40. The minimum Gasteiger partial charge on any atom is -0.393 e. The quantitative estimate of drug-likeness (QED) is 0.477. The van der Waals surface area contributed by atoms with E-state index in [1.807, 2.05) is 13.8 Å². The van der Waals surface area contributed by atoms with E-state index in [9.17, 15) is 15.3 Å². The van der Waals surface area contributed by atoms with Crippen LogP contribution in [0.1, 0.15) is 98.8 Å². The fourth-order valence-electron chi connectivity index (χ4n) is 7.06. The lowest BCUT2D eigenvalue weighted by molar-refractivity contribution is 0.0299. The molecule has 3 heteroatoms. The Hall–Kier alpha value is -0.900. The van der Waals surface area contributed by atoms with Gasteiger partial charge in [-0.3, -0.25) is 0 Å². The van der Waals surface area contributed by atoms with Crippen molar-refractivity contribution in [1.82, 2.24) is 0 Å². The summed E-state index contributed by atoms with van der Waals surface area (Å²) < 4.78 is 0. The summed E-state index contributed by atoms with van der Waals surface area (Å²) in [4.78, 5) is 0. The largest absolute Gasteiger partial charge is 0.393 e. The van der Waals surface area contributed by atoms with Crippen molar-refractivity contribution >= 4 is 0 Å². The number of hydrogen-bond donors (Lipinski definition) is 3. The van der Waals surface area contributed by atoms with Crippen molar-refractivity contribution < 1.29 is 15.3 Å². The molecule has 3 fully saturated rings. The first-order valence-corrected chi connectivity index (χ1v) is 12.6.